The van der Waals surface area contributed by atoms with Crippen LogP contribution in [0.25, 0.3) is 0 Å². The first kappa shape index (κ1) is 13.4. The zero-order valence-electron chi connectivity index (χ0n) is 8.46. The largest absolute Gasteiger partial charge is 0.549 e. The number of carbonyl (C=O) groups excluding carboxylic acids is 2. The summed E-state index contributed by atoms with van der Waals surface area (Å²) in [5, 5.41) is 23.2. The van der Waals surface area contributed by atoms with E-state index in [-0.39, 0.29) is 9.34 Å². The standard InChI is InChI=1S/C7H7N3O5S2/c1-3(11)8-7-9-5(10(14)15)6(17-7)16-2-4(12)13/h2H2,1H3,(H,12,13)(H,8,9,11)/p-1. The van der Waals surface area contributed by atoms with Gasteiger partial charge in [-0.05, 0) is 9.91 Å². The van der Waals surface area contributed by atoms with Gasteiger partial charge in [-0.1, -0.05) is 11.3 Å². The van der Waals surface area contributed by atoms with Gasteiger partial charge in [-0.15, -0.1) is 11.8 Å². The van der Waals surface area contributed by atoms with Crippen LogP contribution in [-0.2, 0) is 9.59 Å². The highest BCUT2D eigenvalue weighted by atomic mass is 32.2. The van der Waals surface area contributed by atoms with Gasteiger partial charge in [0.1, 0.15) is 0 Å². The maximum absolute atomic E-state index is 10.7. The summed E-state index contributed by atoms with van der Waals surface area (Å²) in [6, 6.07) is 0. The lowest BCUT2D eigenvalue weighted by Crippen LogP contribution is -2.24. The van der Waals surface area contributed by atoms with E-state index in [0.29, 0.717) is 0 Å². The molecule has 0 fully saturated rings. The number of aromatic nitrogens is 1. The molecule has 0 aliphatic rings. The van der Waals surface area contributed by atoms with E-state index in [4.69, 9.17) is 0 Å². The number of thiazole rings is 1. The van der Waals surface area contributed by atoms with Crippen LogP contribution in [0, 0.1) is 10.1 Å². The summed E-state index contributed by atoms with van der Waals surface area (Å²) in [6.07, 6.45) is 0. The van der Waals surface area contributed by atoms with Crippen LogP contribution in [-0.4, -0.2) is 27.5 Å². The Bertz CT molecular complexity index is 472. The zero-order chi connectivity index (χ0) is 13.0. The molecule has 1 amide bonds. The third kappa shape index (κ3) is 4.00. The van der Waals surface area contributed by atoms with Crippen molar-refractivity contribution in [1.82, 2.24) is 4.98 Å². The van der Waals surface area contributed by atoms with Gasteiger partial charge in [-0.25, -0.2) is 0 Å². The smallest absolute Gasteiger partial charge is 0.390 e. The monoisotopic (exact) mass is 276 g/mol. The molecule has 8 nitrogen and oxygen atoms in total. The number of carboxylic acid groups (broad SMARTS) is 1. The summed E-state index contributed by atoms with van der Waals surface area (Å²) in [6.45, 7) is 1.24. The Morgan fingerprint density at radius 1 is 1.59 bits per heavy atom. The van der Waals surface area contributed by atoms with E-state index in [1.165, 1.54) is 6.92 Å². The van der Waals surface area contributed by atoms with Crippen LogP contribution in [0.3, 0.4) is 0 Å². The maximum Gasteiger partial charge on any atom is 0.390 e. The molecule has 92 valence electrons. The second-order valence-corrected chi connectivity index (χ2v) is 4.97. The number of hydrogen-bond donors (Lipinski definition) is 1. The topological polar surface area (TPSA) is 125 Å². The Hall–Kier alpha value is -1.68. The molecule has 0 saturated carbocycles. The molecule has 0 radical (unpaired) electrons. The van der Waals surface area contributed by atoms with Crippen molar-refractivity contribution < 1.29 is 19.6 Å². The number of thioether (sulfide) groups is 1. The molecule has 0 aromatic carbocycles. The van der Waals surface area contributed by atoms with Gasteiger partial charge in [0.15, 0.2) is 4.21 Å². The molecule has 0 atom stereocenters. The summed E-state index contributed by atoms with van der Waals surface area (Å²) < 4.78 is 0.114. The third-order valence-electron chi connectivity index (χ3n) is 1.36. The first-order valence-corrected chi connectivity index (χ1v) is 5.96. The third-order valence-corrected chi connectivity index (χ3v) is 3.54. The summed E-state index contributed by atoms with van der Waals surface area (Å²) in [5.74, 6) is -2.63. The quantitative estimate of drug-likeness (QED) is 0.450. The maximum atomic E-state index is 10.7. The van der Waals surface area contributed by atoms with Crippen molar-refractivity contribution in [3.63, 3.8) is 0 Å². The van der Waals surface area contributed by atoms with Crippen LogP contribution in [0.4, 0.5) is 10.9 Å². The lowest BCUT2D eigenvalue weighted by molar-refractivity contribution is -0.391. The van der Waals surface area contributed by atoms with Crippen molar-refractivity contribution in [2.45, 2.75) is 11.1 Å². The molecule has 0 spiro atoms. The summed E-state index contributed by atoms with van der Waals surface area (Å²) in [5.41, 5.74) is 0. The number of nitro groups is 1. The Morgan fingerprint density at radius 2 is 2.24 bits per heavy atom. The van der Waals surface area contributed by atoms with E-state index >= 15 is 0 Å². The molecule has 0 saturated heterocycles. The van der Waals surface area contributed by atoms with Crippen molar-refractivity contribution in [2.75, 3.05) is 11.1 Å². The van der Waals surface area contributed by atoms with Gasteiger partial charge >= 0.3 is 10.9 Å². The van der Waals surface area contributed by atoms with Gasteiger partial charge in [0.25, 0.3) is 0 Å². The molecule has 1 aromatic heterocycles. The van der Waals surface area contributed by atoms with Gasteiger partial charge < -0.3 is 20.0 Å². The van der Waals surface area contributed by atoms with Gasteiger partial charge in [0.2, 0.25) is 5.91 Å². The molecule has 1 N–H and O–H groups in total. The van der Waals surface area contributed by atoms with Crippen molar-refractivity contribution in [2.24, 2.45) is 0 Å². The summed E-state index contributed by atoms with van der Waals surface area (Å²) >= 11 is 1.58. The van der Waals surface area contributed by atoms with Crippen molar-refractivity contribution >= 4 is 45.9 Å². The van der Waals surface area contributed by atoms with E-state index in [9.17, 15) is 24.8 Å². The summed E-state index contributed by atoms with van der Waals surface area (Å²) in [4.78, 5) is 34.5. The van der Waals surface area contributed by atoms with Crippen LogP contribution < -0.4 is 10.4 Å². The number of carboxylic acids is 1. The fraction of sp³-hybridized carbons (Fsp3) is 0.286. The molecule has 1 heterocycles. The second-order valence-electron chi connectivity index (χ2n) is 2.73. The number of nitrogens with zero attached hydrogens (tertiary/aromatic N) is 2. The molecular formula is C7H6N3O5S2-. The molecule has 0 aliphatic carbocycles. The number of aliphatic carboxylic acids is 1. The van der Waals surface area contributed by atoms with Gasteiger partial charge in [-0.2, -0.15) is 0 Å². The van der Waals surface area contributed by atoms with Crippen LogP contribution in [0.5, 0.6) is 0 Å². The van der Waals surface area contributed by atoms with Gasteiger partial charge in [0, 0.05) is 12.7 Å². The Kier molecular flexibility index (Phi) is 4.40. The zero-order valence-corrected chi connectivity index (χ0v) is 10.1. The van der Waals surface area contributed by atoms with E-state index in [1.807, 2.05) is 0 Å². The minimum Gasteiger partial charge on any atom is -0.549 e. The Morgan fingerprint density at radius 3 is 2.71 bits per heavy atom. The predicted octanol–water partition coefficient (Wildman–Crippen LogP) is -0.148. The molecule has 1 aromatic rings. The number of nitrogens with one attached hydrogen (secondary N) is 1. The lowest BCUT2D eigenvalue weighted by atomic mass is 10.7. The SMILES string of the molecule is CC(=O)Nc1nc([N+](=O)[O-])c(SCC(=O)[O-])s1. The average molecular weight is 276 g/mol. The lowest BCUT2D eigenvalue weighted by Gasteiger charge is -1.98. The number of rotatable bonds is 5. The Balaban J connectivity index is 2.92. The fourth-order valence-corrected chi connectivity index (χ4v) is 2.70. The van der Waals surface area contributed by atoms with E-state index in [0.717, 1.165) is 23.1 Å². The highest BCUT2D eigenvalue weighted by Gasteiger charge is 2.23. The van der Waals surface area contributed by atoms with E-state index < -0.39 is 28.4 Å². The number of anilines is 1. The Labute approximate surface area is 103 Å². The highest BCUT2D eigenvalue weighted by molar-refractivity contribution is 8.01. The second kappa shape index (κ2) is 5.59. The normalized spacial score (nSPS) is 9.94. The molecule has 0 aliphatic heterocycles. The van der Waals surface area contributed by atoms with Crippen LogP contribution in [0.2, 0.25) is 0 Å². The number of hydrogen-bond acceptors (Lipinski definition) is 8. The van der Waals surface area contributed by atoms with E-state index in [2.05, 4.69) is 10.3 Å². The molecular weight excluding hydrogens is 270 g/mol. The molecule has 1 rings (SSSR count). The van der Waals surface area contributed by atoms with Gasteiger partial charge in [0.05, 0.1) is 5.97 Å². The molecule has 10 heteroatoms. The molecule has 17 heavy (non-hydrogen) atoms. The highest BCUT2D eigenvalue weighted by Crippen LogP contribution is 2.36. The molecule has 0 bridgehead atoms. The molecule has 0 unspecified atom stereocenters. The minimum atomic E-state index is -1.33. The predicted molar refractivity (Wildman–Crippen MR) is 58.8 cm³/mol. The minimum absolute atomic E-state index is 0.0602. The van der Waals surface area contributed by atoms with Crippen molar-refractivity contribution in [3.05, 3.63) is 10.1 Å². The first-order chi connectivity index (χ1) is 7.90. The fourth-order valence-electron chi connectivity index (χ4n) is 0.836. The van der Waals surface area contributed by atoms with Crippen LogP contribution >= 0.6 is 23.1 Å². The average Bonchev–Trinajstić information content (AvgIpc) is 2.57. The van der Waals surface area contributed by atoms with Crippen molar-refractivity contribution in [1.29, 1.82) is 0 Å². The van der Waals surface area contributed by atoms with Gasteiger partial charge in [-0.3, -0.25) is 10.1 Å². The van der Waals surface area contributed by atoms with Crippen molar-refractivity contribution in [3.8, 4) is 0 Å². The number of amides is 1. The number of carbonyl (C=O) groups is 2. The first-order valence-electron chi connectivity index (χ1n) is 4.15. The van der Waals surface area contributed by atoms with E-state index in [1.54, 1.807) is 0 Å². The van der Waals surface area contributed by atoms with Crippen LogP contribution in [0.1, 0.15) is 6.92 Å². The van der Waals surface area contributed by atoms with Crippen LogP contribution in [0.15, 0.2) is 4.21 Å². The summed E-state index contributed by atoms with van der Waals surface area (Å²) in [7, 11) is 0.